The van der Waals surface area contributed by atoms with Crippen LogP contribution in [0.15, 0.2) is 23.1 Å². The third kappa shape index (κ3) is 3.21. The highest BCUT2D eigenvalue weighted by atomic mass is 32.2. The molecule has 1 heterocycles. The maximum absolute atomic E-state index is 13.1. The van der Waals surface area contributed by atoms with Gasteiger partial charge in [0.15, 0.2) is 5.13 Å². The van der Waals surface area contributed by atoms with E-state index in [0.29, 0.717) is 15.3 Å². The number of nitrogens with one attached hydrogen (secondary N) is 1. The number of hydrogen-bond donors (Lipinski definition) is 2. The van der Waals surface area contributed by atoms with Crippen LogP contribution in [-0.4, -0.2) is 25.4 Å². The Morgan fingerprint density at radius 1 is 1.32 bits per heavy atom. The lowest BCUT2D eigenvalue weighted by Crippen LogP contribution is -2.40. The van der Waals surface area contributed by atoms with Crippen molar-refractivity contribution in [3.05, 3.63) is 18.2 Å². The molecule has 9 heteroatoms. The SMILES string of the molecule is Nc1nc2ccc(S(=O)(=O)NC3CCC(F)(F)CC3)cc2s1. The first-order valence-electron chi connectivity index (χ1n) is 6.81. The number of rotatable bonds is 3. The monoisotopic (exact) mass is 347 g/mol. The molecule has 3 N–H and O–H groups in total. The molecule has 0 aliphatic heterocycles. The second kappa shape index (κ2) is 5.39. The summed E-state index contributed by atoms with van der Waals surface area (Å²) in [5, 5.41) is 0.368. The fourth-order valence-corrected chi connectivity index (χ4v) is 4.71. The van der Waals surface area contributed by atoms with Crippen LogP contribution in [0, 0.1) is 0 Å². The first kappa shape index (κ1) is 15.6. The van der Waals surface area contributed by atoms with Crippen LogP contribution in [0.2, 0.25) is 0 Å². The molecule has 0 unspecified atom stereocenters. The number of anilines is 1. The summed E-state index contributed by atoms with van der Waals surface area (Å²) in [6, 6.07) is 4.09. The molecule has 120 valence electrons. The minimum atomic E-state index is -3.74. The van der Waals surface area contributed by atoms with E-state index in [1.54, 1.807) is 6.07 Å². The third-order valence-electron chi connectivity index (χ3n) is 3.73. The fraction of sp³-hybridized carbons (Fsp3) is 0.462. The Morgan fingerprint density at radius 2 is 2.00 bits per heavy atom. The molecule has 0 amide bonds. The van der Waals surface area contributed by atoms with E-state index in [4.69, 9.17) is 5.73 Å². The van der Waals surface area contributed by atoms with Crippen molar-refractivity contribution in [2.75, 3.05) is 5.73 Å². The maximum atomic E-state index is 13.1. The van der Waals surface area contributed by atoms with Crippen molar-refractivity contribution in [2.45, 2.75) is 42.5 Å². The molecule has 3 rings (SSSR count). The molecule has 1 fully saturated rings. The number of benzene rings is 1. The molecule has 0 bridgehead atoms. The molecule has 5 nitrogen and oxygen atoms in total. The van der Waals surface area contributed by atoms with Gasteiger partial charge in [-0.2, -0.15) is 0 Å². The zero-order valence-corrected chi connectivity index (χ0v) is 13.2. The zero-order valence-electron chi connectivity index (χ0n) is 11.6. The van der Waals surface area contributed by atoms with Gasteiger partial charge in [-0.15, -0.1) is 0 Å². The Labute approximate surface area is 130 Å². The van der Waals surface area contributed by atoms with E-state index in [2.05, 4.69) is 9.71 Å². The predicted octanol–water partition coefficient (Wildman–Crippen LogP) is 2.73. The van der Waals surface area contributed by atoms with Crippen molar-refractivity contribution in [1.29, 1.82) is 0 Å². The van der Waals surface area contributed by atoms with E-state index < -0.39 is 22.0 Å². The molecular weight excluding hydrogens is 332 g/mol. The van der Waals surface area contributed by atoms with E-state index in [9.17, 15) is 17.2 Å². The number of halogens is 2. The van der Waals surface area contributed by atoms with Crippen LogP contribution in [0.4, 0.5) is 13.9 Å². The van der Waals surface area contributed by atoms with Gasteiger partial charge in [-0.05, 0) is 31.0 Å². The molecule has 0 saturated heterocycles. The van der Waals surface area contributed by atoms with E-state index in [1.165, 1.54) is 23.5 Å². The molecule has 22 heavy (non-hydrogen) atoms. The number of sulfonamides is 1. The summed E-state index contributed by atoms with van der Waals surface area (Å²) in [7, 11) is -3.74. The Morgan fingerprint density at radius 3 is 2.68 bits per heavy atom. The molecule has 0 radical (unpaired) electrons. The molecular formula is C13H15F2N3O2S2. The van der Waals surface area contributed by atoms with E-state index in [-0.39, 0.29) is 30.6 Å². The van der Waals surface area contributed by atoms with E-state index >= 15 is 0 Å². The number of fused-ring (bicyclic) bond motifs is 1. The first-order valence-corrected chi connectivity index (χ1v) is 9.11. The number of nitrogens with two attached hydrogens (primary N) is 1. The van der Waals surface area contributed by atoms with Crippen molar-refractivity contribution < 1.29 is 17.2 Å². The number of hydrogen-bond acceptors (Lipinski definition) is 5. The number of thiazole rings is 1. The second-order valence-electron chi connectivity index (χ2n) is 5.43. The normalized spacial score (nSPS) is 19.5. The van der Waals surface area contributed by atoms with Crippen LogP contribution in [0.1, 0.15) is 25.7 Å². The van der Waals surface area contributed by atoms with Crippen molar-refractivity contribution in [3.8, 4) is 0 Å². The van der Waals surface area contributed by atoms with Crippen molar-refractivity contribution in [1.82, 2.24) is 9.71 Å². The highest BCUT2D eigenvalue weighted by Gasteiger charge is 2.36. The fourth-order valence-electron chi connectivity index (χ4n) is 2.54. The van der Waals surface area contributed by atoms with Gasteiger partial charge in [-0.25, -0.2) is 26.9 Å². The standard InChI is InChI=1S/C13H15F2N3O2S2/c14-13(15)5-3-8(4-6-13)18-22(19,20)9-1-2-10-11(7-9)21-12(16)17-10/h1-2,7-8,18H,3-6H2,(H2,16,17). The highest BCUT2D eigenvalue weighted by Crippen LogP contribution is 2.34. The van der Waals surface area contributed by atoms with Gasteiger partial charge < -0.3 is 5.73 Å². The Hall–Kier alpha value is -1.32. The first-order chi connectivity index (χ1) is 10.3. The summed E-state index contributed by atoms with van der Waals surface area (Å²) >= 11 is 1.20. The Balaban J connectivity index is 1.79. The van der Waals surface area contributed by atoms with Gasteiger partial charge in [0.2, 0.25) is 15.9 Å². The Kier molecular flexibility index (Phi) is 3.82. The Bertz CT molecular complexity index is 795. The van der Waals surface area contributed by atoms with Crippen LogP contribution in [0.3, 0.4) is 0 Å². The summed E-state index contributed by atoms with van der Waals surface area (Å²) < 4.78 is 54.2. The molecule has 0 atom stereocenters. The van der Waals surface area contributed by atoms with Crippen molar-refractivity contribution in [2.24, 2.45) is 0 Å². The number of alkyl halides is 2. The van der Waals surface area contributed by atoms with Crippen LogP contribution in [-0.2, 0) is 10.0 Å². The van der Waals surface area contributed by atoms with Gasteiger partial charge in [0.1, 0.15) is 0 Å². The molecule has 2 aromatic rings. The van der Waals surface area contributed by atoms with Gasteiger partial charge in [-0.1, -0.05) is 11.3 Å². The topological polar surface area (TPSA) is 85.1 Å². The van der Waals surface area contributed by atoms with E-state index in [1.807, 2.05) is 0 Å². The van der Waals surface area contributed by atoms with Crippen LogP contribution in [0.5, 0.6) is 0 Å². The van der Waals surface area contributed by atoms with Gasteiger partial charge in [0.05, 0.1) is 15.1 Å². The third-order valence-corrected chi connectivity index (χ3v) is 6.09. The predicted molar refractivity (Wildman–Crippen MR) is 81.6 cm³/mol. The van der Waals surface area contributed by atoms with Crippen LogP contribution < -0.4 is 10.5 Å². The summed E-state index contributed by atoms with van der Waals surface area (Å²) in [5.41, 5.74) is 6.23. The van der Waals surface area contributed by atoms with Gasteiger partial charge >= 0.3 is 0 Å². The zero-order chi connectivity index (χ0) is 16.0. The summed E-state index contributed by atoms with van der Waals surface area (Å²) in [6.45, 7) is 0. The molecule has 1 saturated carbocycles. The highest BCUT2D eigenvalue weighted by molar-refractivity contribution is 7.89. The van der Waals surface area contributed by atoms with E-state index in [0.717, 1.165) is 0 Å². The quantitative estimate of drug-likeness (QED) is 0.894. The second-order valence-corrected chi connectivity index (χ2v) is 8.21. The average Bonchev–Trinajstić information content (AvgIpc) is 2.80. The largest absolute Gasteiger partial charge is 0.375 e. The van der Waals surface area contributed by atoms with Gasteiger partial charge in [0.25, 0.3) is 0 Å². The van der Waals surface area contributed by atoms with Gasteiger partial charge in [-0.3, -0.25) is 0 Å². The van der Waals surface area contributed by atoms with Crippen LogP contribution in [0.25, 0.3) is 10.2 Å². The van der Waals surface area contributed by atoms with Crippen molar-refractivity contribution >= 4 is 36.7 Å². The molecule has 1 aromatic heterocycles. The van der Waals surface area contributed by atoms with Crippen LogP contribution >= 0.6 is 11.3 Å². The maximum Gasteiger partial charge on any atom is 0.248 e. The summed E-state index contributed by atoms with van der Waals surface area (Å²) in [4.78, 5) is 4.16. The smallest absolute Gasteiger partial charge is 0.248 e. The molecule has 1 aliphatic carbocycles. The molecule has 1 aliphatic rings. The summed E-state index contributed by atoms with van der Waals surface area (Å²) in [5.74, 6) is -2.68. The lowest BCUT2D eigenvalue weighted by Gasteiger charge is -2.28. The minimum absolute atomic E-state index is 0.0981. The number of aromatic nitrogens is 1. The molecule has 0 spiro atoms. The molecule has 1 aromatic carbocycles. The number of nitrogen functional groups attached to an aromatic ring is 1. The van der Waals surface area contributed by atoms with Gasteiger partial charge in [0, 0.05) is 18.9 Å². The minimum Gasteiger partial charge on any atom is -0.375 e. The van der Waals surface area contributed by atoms with Crippen molar-refractivity contribution in [3.63, 3.8) is 0 Å². The lowest BCUT2D eigenvalue weighted by atomic mass is 9.93. The average molecular weight is 347 g/mol. The number of nitrogens with zero attached hydrogens (tertiary/aromatic N) is 1. The lowest BCUT2D eigenvalue weighted by molar-refractivity contribution is -0.0387. The summed E-state index contributed by atoms with van der Waals surface area (Å²) in [6.07, 6.45) is -0.293.